The summed E-state index contributed by atoms with van der Waals surface area (Å²) in [5.74, 6) is -0.216. The van der Waals surface area contributed by atoms with Crippen molar-refractivity contribution in [2.24, 2.45) is 0 Å². The van der Waals surface area contributed by atoms with E-state index in [2.05, 4.69) is 5.32 Å². The molecule has 0 aromatic heterocycles. The minimum absolute atomic E-state index is 0.0623. The topological polar surface area (TPSA) is 41.6 Å². The van der Waals surface area contributed by atoms with Crippen LogP contribution in [0.3, 0.4) is 0 Å². The molecule has 0 spiro atoms. The van der Waals surface area contributed by atoms with Gasteiger partial charge in [0.15, 0.2) is 0 Å². The number of esters is 1. The molecule has 2 rings (SSSR count). The van der Waals surface area contributed by atoms with E-state index in [1.165, 1.54) is 0 Å². The molecule has 1 heterocycles. The smallest absolute Gasteiger partial charge is 0.338 e. The van der Waals surface area contributed by atoms with Crippen LogP contribution in [0, 0.1) is 0 Å². The number of rotatable bonds is 3. The van der Waals surface area contributed by atoms with Crippen LogP contribution in [0.4, 0.5) is 5.69 Å². The van der Waals surface area contributed by atoms with Gasteiger partial charge in [0, 0.05) is 19.8 Å². The standard InChI is InChI=1S/C14H20N2O2.CH2Cl2/c1-16(2)12-5-3-11(4-6-12)14(17)18-13-7-9-15-10-8-13;2-1-3/h3-6,13,15H,7-10H2,1-2H3;1H2. The molecule has 4 nitrogen and oxygen atoms in total. The Bertz CT molecular complexity index is 418. The highest BCUT2D eigenvalue weighted by molar-refractivity contribution is 6.40. The molecule has 21 heavy (non-hydrogen) atoms. The summed E-state index contributed by atoms with van der Waals surface area (Å²) in [5.41, 5.74) is 1.70. The molecule has 6 heteroatoms. The third kappa shape index (κ3) is 6.55. The van der Waals surface area contributed by atoms with Crippen LogP contribution >= 0.6 is 23.2 Å². The number of ether oxygens (including phenoxy) is 1. The zero-order valence-corrected chi connectivity index (χ0v) is 14.0. The Morgan fingerprint density at radius 1 is 1.24 bits per heavy atom. The van der Waals surface area contributed by atoms with Crippen LogP contribution in [0.1, 0.15) is 23.2 Å². The Morgan fingerprint density at radius 2 is 1.76 bits per heavy atom. The lowest BCUT2D eigenvalue weighted by Crippen LogP contribution is -2.33. The third-order valence-electron chi connectivity index (χ3n) is 3.18. The summed E-state index contributed by atoms with van der Waals surface area (Å²) in [6.45, 7) is 1.86. The van der Waals surface area contributed by atoms with Gasteiger partial charge in [-0.1, -0.05) is 0 Å². The largest absolute Gasteiger partial charge is 0.459 e. The fourth-order valence-electron chi connectivity index (χ4n) is 2.03. The molecule has 1 aromatic rings. The Balaban J connectivity index is 0.000000677. The summed E-state index contributed by atoms with van der Waals surface area (Å²) in [6, 6.07) is 7.50. The highest BCUT2D eigenvalue weighted by atomic mass is 35.5. The van der Waals surface area contributed by atoms with E-state index in [9.17, 15) is 4.79 Å². The van der Waals surface area contributed by atoms with Crippen LogP contribution in [0.2, 0.25) is 0 Å². The van der Waals surface area contributed by atoms with Crippen molar-refractivity contribution < 1.29 is 9.53 Å². The quantitative estimate of drug-likeness (QED) is 0.682. The summed E-state index contributed by atoms with van der Waals surface area (Å²) in [4.78, 5) is 13.9. The highest BCUT2D eigenvalue weighted by Gasteiger charge is 2.18. The van der Waals surface area contributed by atoms with E-state index >= 15 is 0 Å². The molecule has 0 unspecified atom stereocenters. The van der Waals surface area contributed by atoms with Gasteiger partial charge in [0.05, 0.1) is 10.9 Å². The number of nitrogens with one attached hydrogen (secondary N) is 1. The van der Waals surface area contributed by atoms with Crippen molar-refractivity contribution in [1.82, 2.24) is 5.32 Å². The van der Waals surface area contributed by atoms with Crippen LogP contribution in [0.25, 0.3) is 0 Å². The Kier molecular flexibility index (Phi) is 8.50. The average molecular weight is 333 g/mol. The van der Waals surface area contributed by atoms with E-state index in [1.54, 1.807) is 0 Å². The predicted octanol–water partition coefficient (Wildman–Crippen LogP) is 3.08. The molecule has 1 saturated heterocycles. The van der Waals surface area contributed by atoms with E-state index in [-0.39, 0.29) is 17.4 Å². The maximum Gasteiger partial charge on any atom is 0.338 e. The molecule has 0 bridgehead atoms. The lowest BCUT2D eigenvalue weighted by molar-refractivity contribution is 0.0229. The maximum absolute atomic E-state index is 11.9. The van der Waals surface area contributed by atoms with Crippen molar-refractivity contribution in [2.75, 3.05) is 37.4 Å². The van der Waals surface area contributed by atoms with Gasteiger partial charge in [0.25, 0.3) is 0 Å². The Morgan fingerprint density at radius 3 is 2.24 bits per heavy atom. The van der Waals surface area contributed by atoms with Gasteiger partial charge in [-0.05, 0) is 50.2 Å². The number of carbonyl (C=O) groups is 1. The third-order valence-corrected chi connectivity index (χ3v) is 3.18. The van der Waals surface area contributed by atoms with Crippen molar-refractivity contribution in [3.8, 4) is 0 Å². The number of anilines is 1. The second-order valence-corrected chi connectivity index (χ2v) is 5.71. The van der Waals surface area contributed by atoms with E-state index in [4.69, 9.17) is 27.9 Å². The van der Waals surface area contributed by atoms with E-state index in [0.717, 1.165) is 31.6 Å². The highest BCUT2D eigenvalue weighted by Crippen LogP contribution is 2.15. The summed E-state index contributed by atoms with van der Waals surface area (Å²) in [6.07, 6.45) is 1.87. The molecule has 1 aromatic carbocycles. The number of nitrogens with zero attached hydrogens (tertiary/aromatic N) is 1. The van der Waals surface area contributed by atoms with Gasteiger partial charge < -0.3 is 15.0 Å². The number of alkyl halides is 2. The SMILES string of the molecule is CN(C)c1ccc(C(=O)OC2CCNCC2)cc1.ClCCl. The van der Waals surface area contributed by atoms with Crippen LogP contribution in [-0.4, -0.2) is 44.6 Å². The van der Waals surface area contributed by atoms with E-state index in [1.807, 2.05) is 43.3 Å². The summed E-state index contributed by atoms with van der Waals surface area (Å²) in [5, 5.41) is 3.45. The van der Waals surface area contributed by atoms with Gasteiger partial charge >= 0.3 is 5.97 Å². The van der Waals surface area contributed by atoms with Crippen molar-refractivity contribution >= 4 is 34.9 Å². The van der Waals surface area contributed by atoms with Gasteiger partial charge in [-0.2, -0.15) is 0 Å². The number of carbonyl (C=O) groups excluding carboxylic acids is 1. The van der Waals surface area contributed by atoms with Gasteiger partial charge in [0.1, 0.15) is 6.10 Å². The summed E-state index contributed by atoms with van der Waals surface area (Å²) >= 11 is 9.53. The van der Waals surface area contributed by atoms with Crippen LogP contribution in [-0.2, 0) is 4.74 Å². The first kappa shape index (κ1) is 18.1. The number of piperidine rings is 1. The first-order valence-corrected chi connectivity index (χ1v) is 7.96. The lowest BCUT2D eigenvalue weighted by Gasteiger charge is -2.22. The molecule has 1 N–H and O–H groups in total. The van der Waals surface area contributed by atoms with Crippen LogP contribution in [0.15, 0.2) is 24.3 Å². The number of halogens is 2. The molecule has 1 aliphatic heterocycles. The average Bonchev–Trinajstić information content (AvgIpc) is 2.49. The summed E-state index contributed by atoms with van der Waals surface area (Å²) in [7, 11) is 3.95. The second kappa shape index (κ2) is 9.87. The fourth-order valence-corrected chi connectivity index (χ4v) is 2.03. The van der Waals surface area contributed by atoms with Crippen molar-refractivity contribution in [2.45, 2.75) is 18.9 Å². The fraction of sp³-hybridized carbons (Fsp3) is 0.533. The Hall–Kier alpha value is -0.970. The monoisotopic (exact) mass is 332 g/mol. The first-order valence-electron chi connectivity index (χ1n) is 6.89. The van der Waals surface area contributed by atoms with Crippen molar-refractivity contribution in [1.29, 1.82) is 0 Å². The minimum atomic E-state index is -0.216. The number of hydrogen-bond acceptors (Lipinski definition) is 4. The predicted molar refractivity (Wildman–Crippen MR) is 88.6 cm³/mol. The molecule has 0 amide bonds. The molecule has 0 aliphatic carbocycles. The number of benzene rings is 1. The van der Waals surface area contributed by atoms with Gasteiger partial charge in [-0.25, -0.2) is 4.79 Å². The molecular formula is C15H22Cl2N2O2. The molecule has 1 aliphatic rings. The van der Waals surface area contributed by atoms with Gasteiger partial charge in [0.2, 0.25) is 0 Å². The van der Waals surface area contributed by atoms with Gasteiger partial charge in [-0.3, -0.25) is 0 Å². The summed E-state index contributed by atoms with van der Waals surface area (Å²) < 4.78 is 5.49. The normalized spacial score (nSPS) is 14.9. The molecule has 0 atom stereocenters. The Labute approximate surface area is 136 Å². The van der Waals surface area contributed by atoms with Gasteiger partial charge in [-0.15, -0.1) is 23.2 Å². The van der Waals surface area contributed by atoms with Crippen LogP contribution in [0.5, 0.6) is 0 Å². The molecule has 1 fully saturated rings. The lowest BCUT2D eigenvalue weighted by atomic mass is 10.1. The minimum Gasteiger partial charge on any atom is -0.459 e. The molecule has 118 valence electrons. The van der Waals surface area contributed by atoms with E-state index < -0.39 is 0 Å². The molecule has 0 radical (unpaired) electrons. The number of hydrogen-bond donors (Lipinski definition) is 1. The molecule has 0 saturated carbocycles. The van der Waals surface area contributed by atoms with Crippen molar-refractivity contribution in [3.05, 3.63) is 29.8 Å². The second-order valence-electron chi connectivity index (χ2n) is 4.90. The first-order chi connectivity index (χ1) is 10.1. The van der Waals surface area contributed by atoms with E-state index in [0.29, 0.717) is 5.56 Å². The maximum atomic E-state index is 11.9. The van der Waals surface area contributed by atoms with Crippen LogP contribution < -0.4 is 10.2 Å². The zero-order valence-electron chi connectivity index (χ0n) is 12.4. The molecular weight excluding hydrogens is 311 g/mol. The van der Waals surface area contributed by atoms with Crippen molar-refractivity contribution in [3.63, 3.8) is 0 Å². The zero-order chi connectivity index (χ0) is 15.7.